The van der Waals surface area contributed by atoms with E-state index in [-0.39, 0.29) is 11.4 Å². The third-order valence-electron chi connectivity index (χ3n) is 6.40. The molecule has 1 saturated carbocycles. The SMILES string of the molecule is CN1CCC1.CNc1cc(C2(NC(=O)c3cc(OC)ccc3C)CC2)c2cccnc2c1. The van der Waals surface area contributed by atoms with Gasteiger partial charge in [0.1, 0.15) is 5.75 Å². The molecular weight excluding hydrogens is 400 g/mol. The molecule has 2 N–H and O–H groups in total. The average molecular weight is 433 g/mol. The Morgan fingerprint density at radius 1 is 1.16 bits per heavy atom. The molecule has 2 fully saturated rings. The largest absolute Gasteiger partial charge is 0.497 e. The van der Waals surface area contributed by atoms with Crippen molar-refractivity contribution in [3.05, 3.63) is 65.4 Å². The summed E-state index contributed by atoms with van der Waals surface area (Å²) in [5, 5.41) is 7.57. The maximum atomic E-state index is 13.1. The first-order valence-corrected chi connectivity index (χ1v) is 11.2. The number of nitrogens with one attached hydrogen (secondary N) is 2. The number of anilines is 1. The van der Waals surface area contributed by atoms with Crippen LogP contribution in [0.5, 0.6) is 5.75 Å². The van der Waals surface area contributed by atoms with E-state index in [1.807, 2.05) is 38.2 Å². The molecule has 2 aliphatic rings. The summed E-state index contributed by atoms with van der Waals surface area (Å²) in [6, 6.07) is 13.7. The molecule has 5 rings (SSSR count). The van der Waals surface area contributed by atoms with Crippen LogP contribution >= 0.6 is 0 Å². The molecule has 2 aromatic carbocycles. The van der Waals surface area contributed by atoms with Gasteiger partial charge < -0.3 is 20.3 Å². The number of aromatic nitrogens is 1. The maximum Gasteiger partial charge on any atom is 0.252 e. The lowest BCUT2D eigenvalue weighted by Gasteiger charge is -2.24. The number of methoxy groups -OCH3 is 1. The highest BCUT2D eigenvalue weighted by atomic mass is 16.5. The Bertz CT molecular complexity index is 1120. The summed E-state index contributed by atoms with van der Waals surface area (Å²) in [6.07, 6.45) is 5.04. The summed E-state index contributed by atoms with van der Waals surface area (Å²) in [4.78, 5) is 19.9. The number of aryl methyl sites for hydroxylation is 1. The number of fused-ring (bicyclic) bond motifs is 1. The number of carbonyl (C=O) groups is 1. The van der Waals surface area contributed by atoms with Crippen LogP contribution in [0.15, 0.2) is 48.7 Å². The van der Waals surface area contributed by atoms with Crippen molar-refractivity contribution in [1.29, 1.82) is 0 Å². The third kappa shape index (κ3) is 4.55. The summed E-state index contributed by atoms with van der Waals surface area (Å²) in [5.41, 5.74) is 4.27. The fourth-order valence-electron chi connectivity index (χ4n) is 4.04. The second-order valence-corrected chi connectivity index (χ2v) is 8.72. The van der Waals surface area contributed by atoms with Crippen molar-refractivity contribution in [2.45, 2.75) is 31.7 Å². The van der Waals surface area contributed by atoms with Gasteiger partial charge in [-0.1, -0.05) is 12.1 Å². The molecule has 0 bridgehead atoms. The lowest BCUT2D eigenvalue weighted by Crippen LogP contribution is -2.35. The molecule has 2 heterocycles. The molecule has 0 radical (unpaired) electrons. The number of rotatable bonds is 5. The van der Waals surface area contributed by atoms with Crippen LogP contribution in [0.4, 0.5) is 5.69 Å². The highest BCUT2D eigenvalue weighted by Crippen LogP contribution is 2.48. The summed E-state index contributed by atoms with van der Waals surface area (Å²) in [6.45, 7) is 4.58. The van der Waals surface area contributed by atoms with E-state index in [9.17, 15) is 4.79 Å². The van der Waals surface area contributed by atoms with Crippen LogP contribution in [0, 0.1) is 6.92 Å². The molecule has 1 amide bonds. The van der Waals surface area contributed by atoms with E-state index in [4.69, 9.17) is 4.74 Å². The number of carbonyl (C=O) groups excluding carboxylic acids is 1. The van der Waals surface area contributed by atoms with Crippen LogP contribution in [0.25, 0.3) is 10.9 Å². The Labute approximate surface area is 190 Å². The average Bonchev–Trinajstić information content (AvgIpc) is 3.57. The molecule has 1 aliphatic carbocycles. The predicted molar refractivity (Wildman–Crippen MR) is 130 cm³/mol. The van der Waals surface area contributed by atoms with Gasteiger partial charge in [0.2, 0.25) is 0 Å². The van der Waals surface area contributed by atoms with E-state index in [2.05, 4.69) is 39.7 Å². The van der Waals surface area contributed by atoms with Gasteiger partial charge in [-0.25, -0.2) is 0 Å². The topological polar surface area (TPSA) is 66.5 Å². The Balaban J connectivity index is 0.000000433. The Morgan fingerprint density at radius 2 is 1.91 bits per heavy atom. The van der Waals surface area contributed by atoms with Crippen molar-refractivity contribution in [1.82, 2.24) is 15.2 Å². The van der Waals surface area contributed by atoms with E-state index >= 15 is 0 Å². The van der Waals surface area contributed by atoms with E-state index in [1.165, 1.54) is 19.5 Å². The number of hydrogen-bond donors (Lipinski definition) is 2. The molecule has 0 unspecified atom stereocenters. The Hall–Kier alpha value is -3.12. The molecule has 1 aliphatic heterocycles. The smallest absolute Gasteiger partial charge is 0.252 e. The molecular formula is C26H32N4O2. The van der Waals surface area contributed by atoms with Gasteiger partial charge in [-0.2, -0.15) is 0 Å². The van der Waals surface area contributed by atoms with Gasteiger partial charge in [-0.15, -0.1) is 0 Å². The van der Waals surface area contributed by atoms with Crippen LogP contribution in [0.2, 0.25) is 0 Å². The molecule has 0 atom stereocenters. The van der Waals surface area contributed by atoms with E-state index in [1.54, 1.807) is 19.4 Å². The van der Waals surface area contributed by atoms with Crippen LogP contribution in [0.1, 0.15) is 40.7 Å². The second-order valence-electron chi connectivity index (χ2n) is 8.72. The number of ether oxygens (including phenoxy) is 1. The van der Waals surface area contributed by atoms with Gasteiger partial charge in [0.05, 0.1) is 18.2 Å². The van der Waals surface area contributed by atoms with Crippen LogP contribution < -0.4 is 15.4 Å². The fourth-order valence-corrected chi connectivity index (χ4v) is 4.04. The minimum atomic E-state index is -0.346. The van der Waals surface area contributed by atoms with Gasteiger partial charge in [-0.3, -0.25) is 9.78 Å². The van der Waals surface area contributed by atoms with E-state index in [0.717, 1.165) is 40.6 Å². The zero-order valence-electron chi connectivity index (χ0n) is 19.4. The van der Waals surface area contributed by atoms with Gasteiger partial charge in [0.15, 0.2) is 0 Å². The third-order valence-corrected chi connectivity index (χ3v) is 6.40. The van der Waals surface area contributed by atoms with Gasteiger partial charge in [0.25, 0.3) is 5.91 Å². The standard InChI is InChI=1S/C22H23N3O2.C4H9N/c1-14-6-7-16(27-3)13-18(14)21(26)25-22(8-9-22)19-11-15(23-2)12-20-17(19)5-4-10-24-20;1-5-3-2-4-5/h4-7,10-13,23H,8-9H2,1-3H3,(H,25,26);2-4H2,1H3. The van der Waals surface area contributed by atoms with Gasteiger partial charge >= 0.3 is 0 Å². The molecule has 3 aromatic rings. The van der Waals surface area contributed by atoms with Crippen molar-refractivity contribution >= 4 is 22.5 Å². The second kappa shape index (κ2) is 9.17. The lowest BCUT2D eigenvalue weighted by molar-refractivity contribution is 0.0930. The lowest BCUT2D eigenvalue weighted by atomic mass is 9.97. The zero-order chi connectivity index (χ0) is 22.7. The van der Waals surface area contributed by atoms with Crippen molar-refractivity contribution in [3.63, 3.8) is 0 Å². The number of nitrogens with zero attached hydrogens (tertiary/aromatic N) is 2. The first kappa shape index (κ1) is 22.1. The first-order valence-electron chi connectivity index (χ1n) is 11.2. The van der Waals surface area contributed by atoms with Crippen molar-refractivity contribution in [3.8, 4) is 5.75 Å². The maximum absolute atomic E-state index is 13.1. The number of benzene rings is 2. The molecule has 6 heteroatoms. The number of pyridine rings is 1. The summed E-state index contributed by atoms with van der Waals surface area (Å²) >= 11 is 0. The molecule has 168 valence electrons. The van der Waals surface area contributed by atoms with Crippen LogP contribution in [0.3, 0.4) is 0 Å². The van der Waals surface area contributed by atoms with Crippen LogP contribution in [-0.4, -0.2) is 50.1 Å². The van der Waals surface area contributed by atoms with Crippen LogP contribution in [-0.2, 0) is 5.54 Å². The van der Waals surface area contributed by atoms with Gasteiger partial charge in [0, 0.05) is 29.9 Å². The first-order chi connectivity index (χ1) is 15.5. The highest BCUT2D eigenvalue weighted by molar-refractivity contribution is 5.97. The highest BCUT2D eigenvalue weighted by Gasteiger charge is 2.47. The predicted octanol–water partition coefficient (Wildman–Crippen LogP) is 4.33. The molecule has 6 nitrogen and oxygen atoms in total. The monoisotopic (exact) mass is 432 g/mol. The zero-order valence-corrected chi connectivity index (χ0v) is 19.4. The summed E-state index contributed by atoms with van der Waals surface area (Å²) < 4.78 is 5.28. The molecule has 32 heavy (non-hydrogen) atoms. The van der Waals surface area contributed by atoms with Gasteiger partial charge in [-0.05, 0) is 87.8 Å². The minimum Gasteiger partial charge on any atom is -0.497 e. The number of amides is 1. The Morgan fingerprint density at radius 3 is 2.50 bits per heavy atom. The Kier molecular flexibility index (Phi) is 6.33. The van der Waals surface area contributed by atoms with Crippen molar-refractivity contribution < 1.29 is 9.53 Å². The van der Waals surface area contributed by atoms with E-state index < -0.39 is 0 Å². The minimum absolute atomic E-state index is 0.0733. The van der Waals surface area contributed by atoms with E-state index in [0.29, 0.717) is 11.3 Å². The van der Waals surface area contributed by atoms with Crippen molar-refractivity contribution in [2.24, 2.45) is 0 Å². The quantitative estimate of drug-likeness (QED) is 0.628. The molecule has 1 saturated heterocycles. The molecule has 0 spiro atoms. The summed E-state index contributed by atoms with van der Waals surface area (Å²) in [7, 11) is 5.65. The number of hydrogen-bond acceptors (Lipinski definition) is 5. The number of likely N-dealkylation sites (tertiary alicyclic amines) is 1. The summed E-state index contributed by atoms with van der Waals surface area (Å²) in [5.74, 6) is 0.609. The molecule has 1 aromatic heterocycles. The van der Waals surface area contributed by atoms with Crippen molar-refractivity contribution in [2.75, 3.05) is 39.6 Å². The fraction of sp³-hybridized carbons (Fsp3) is 0.385. The normalized spacial score (nSPS) is 16.4.